The monoisotopic (exact) mass is 331 g/mol. The lowest BCUT2D eigenvalue weighted by molar-refractivity contribution is 0.275. The van der Waals surface area contributed by atoms with Crippen molar-refractivity contribution in [2.24, 2.45) is 0 Å². The average Bonchev–Trinajstić information content (AvgIpc) is 2.55. The van der Waals surface area contributed by atoms with Crippen molar-refractivity contribution in [2.45, 2.75) is 45.8 Å². The number of anilines is 2. The molecule has 0 amide bonds. The number of aliphatic hydroxyl groups is 1. The highest BCUT2D eigenvalue weighted by Crippen LogP contribution is 2.24. The zero-order chi connectivity index (χ0) is 17.4. The van der Waals surface area contributed by atoms with Crippen LogP contribution in [0.25, 0.3) is 0 Å². The maximum Gasteiger partial charge on any atom is 0.222 e. The molecule has 24 heavy (non-hydrogen) atoms. The van der Waals surface area contributed by atoms with Gasteiger partial charge < -0.3 is 20.9 Å². The van der Waals surface area contributed by atoms with Crippen molar-refractivity contribution in [1.82, 2.24) is 15.0 Å². The van der Waals surface area contributed by atoms with E-state index in [-0.39, 0.29) is 18.6 Å². The summed E-state index contributed by atoms with van der Waals surface area (Å²) in [6.07, 6.45) is 4.12. The van der Waals surface area contributed by atoms with Crippen molar-refractivity contribution in [1.29, 1.82) is 0 Å². The van der Waals surface area contributed by atoms with E-state index in [1.807, 2.05) is 25.1 Å². The SMILES string of the molecule is CCC[C@@H](CCO)Nc1nc(N)ncc1OCc1cccc(C)n1. The van der Waals surface area contributed by atoms with Gasteiger partial charge in [-0.15, -0.1) is 0 Å². The van der Waals surface area contributed by atoms with Crippen molar-refractivity contribution < 1.29 is 9.84 Å². The number of aromatic nitrogens is 3. The summed E-state index contributed by atoms with van der Waals surface area (Å²) in [5.74, 6) is 1.24. The van der Waals surface area contributed by atoms with Crippen LogP contribution in [0, 0.1) is 6.92 Å². The van der Waals surface area contributed by atoms with Gasteiger partial charge in [-0.1, -0.05) is 19.4 Å². The Morgan fingerprint density at radius 1 is 1.29 bits per heavy atom. The van der Waals surface area contributed by atoms with Crippen LogP contribution in [0.5, 0.6) is 5.75 Å². The highest BCUT2D eigenvalue weighted by Gasteiger charge is 2.13. The minimum Gasteiger partial charge on any atom is -0.482 e. The first-order chi connectivity index (χ1) is 11.6. The number of ether oxygens (including phenoxy) is 1. The normalized spacial score (nSPS) is 12.0. The van der Waals surface area contributed by atoms with Crippen LogP contribution >= 0.6 is 0 Å². The van der Waals surface area contributed by atoms with Crippen molar-refractivity contribution >= 4 is 11.8 Å². The number of rotatable bonds is 9. The Hall–Kier alpha value is -2.41. The Bertz CT molecular complexity index is 645. The van der Waals surface area contributed by atoms with E-state index in [0.29, 0.717) is 24.6 Å². The summed E-state index contributed by atoms with van der Waals surface area (Å²) in [5.41, 5.74) is 7.47. The highest BCUT2D eigenvalue weighted by molar-refractivity contribution is 5.51. The molecule has 0 unspecified atom stereocenters. The maximum absolute atomic E-state index is 9.21. The lowest BCUT2D eigenvalue weighted by atomic mass is 10.1. The molecule has 4 N–H and O–H groups in total. The molecule has 2 heterocycles. The summed E-state index contributed by atoms with van der Waals surface area (Å²) < 4.78 is 5.82. The van der Waals surface area contributed by atoms with E-state index in [1.54, 1.807) is 6.20 Å². The van der Waals surface area contributed by atoms with Gasteiger partial charge in [0.05, 0.1) is 11.9 Å². The number of aryl methyl sites for hydroxylation is 1. The molecule has 2 rings (SSSR count). The molecule has 0 aliphatic rings. The Balaban J connectivity index is 2.11. The summed E-state index contributed by atoms with van der Waals surface area (Å²) in [7, 11) is 0. The van der Waals surface area contributed by atoms with E-state index in [0.717, 1.165) is 24.2 Å². The first-order valence-corrected chi connectivity index (χ1v) is 8.17. The van der Waals surface area contributed by atoms with Crippen LogP contribution in [-0.4, -0.2) is 32.7 Å². The Labute approximate surface area is 142 Å². The molecule has 0 spiro atoms. The summed E-state index contributed by atoms with van der Waals surface area (Å²) in [5, 5.41) is 12.5. The Morgan fingerprint density at radius 2 is 2.12 bits per heavy atom. The zero-order valence-electron chi connectivity index (χ0n) is 14.2. The summed E-state index contributed by atoms with van der Waals surface area (Å²) in [6.45, 7) is 4.47. The lowest BCUT2D eigenvalue weighted by Crippen LogP contribution is -2.22. The topological polar surface area (TPSA) is 106 Å². The fraction of sp³-hybridized carbons (Fsp3) is 0.471. The molecule has 0 saturated heterocycles. The van der Waals surface area contributed by atoms with E-state index in [1.165, 1.54) is 0 Å². The van der Waals surface area contributed by atoms with E-state index >= 15 is 0 Å². The molecule has 2 aromatic rings. The third-order valence-electron chi connectivity index (χ3n) is 3.55. The van der Waals surface area contributed by atoms with Gasteiger partial charge in [-0.2, -0.15) is 4.98 Å². The smallest absolute Gasteiger partial charge is 0.222 e. The van der Waals surface area contributed by atoms with Gasteiger partial charge in [0.1, 0.15) is 6.61 Å². The molecule has 0 fully saturated rings. The number of nitrogens with zero attached hydrogens (tertiary/aromatic N) is 3. The molecule has 1 atom stereocenters. The third kappa shape index (κ3) is 5.34. The largest absolute Gasteiger partial charge is 0.482 e. The van der Waals surface area contributed by atoms with Gasteiger partial charge in [-0.05, 0) is 31.9 Å². The van der Waals surface area contributed by atoms with Crippen LogP contribution in [0.4, 0.5) is 11.8 Å². The molecule has 2 aromatic heterocycles. The number of nitrogens with two attached hydrogens (primary N) is 1. The lowest BCUT2D eigenvalue weighted by Gasteiger charge is -2.19. The van der Waals surface area contributed by atoms with Crippen LogP contribution < -0.4 is 15.8 Å². The predicted molar refractivity (Wildman–Crippen MR) is 93.8 cm³/mol. The molecule has 0 bridgehead atoms. The summed E-state index contributed by atoms with van der Waals surface area (Å²) >= 11 is 0. The van der Waals surface area contributed by atoms with Gasteiger partial charge in [-0.25, -0.2) is 4.98 Å². The van der Waals surface area contributed by atoms with Gasteiger partial charge in [-0.3, -0.25) is 4.98 Å². The van der Waals surface area contributed by atoms with Crippen LogP contribution in [0.15, 0.2) is 24.4 Å². The second kappa shape index (κ2) is 9.02. The Kier molecular flexibility index (Phi) is 6.74. The minimum atomic E-state index is 0.105. The van der Waals surface area contributed by atoms with Gasteiger partial charge in [0, 0.05) is 18.3 Å². The van der Waals surface area contributed by atoms with E-state index < -0.39 is 0 Å². The van der Waals surface area contributed by atoms with E-state index in [2.05, 4.69) is 27.2 Å². The standard InChI is InChI=1S/C17H25N5O2/c1-3-5-13(8-9-23)21-16-15(10-19-17(18)22-16)24-11-14-7-4-6-12(2)20-14/h4,6-7,10,13,23H,3,5,8-9,11H2,1-2H3,(H3,18,19,21,22)/t13-/m0/s1. The molecular weight excluding hydrogens is 306 g/mol. The molecule has 7 heteroatoms. The van der Waals surface area contributed by atoms with Gasteiger partial charge in [0.2, 0.25) is 5.95 Å². The number of nitrogen functional groups attached to an aromatic ring is 1. The highest BCUT2D eigenvalue weighted by atomic mass is 16.5. The van der Waals surface area contributed by atoms with Crippen LogP contribution in [-0.2, 0) is 6.61 Å². The van der Waals surface area contributed by atoms with Crippen molar-refractivity contribution in [3.05, 3.63) is 35.8 Å². The number of aliphatic hydroxyl groups excluding tert-OH is 1. The quantitative estimate of drug-likeness (QED) is 0.647. The molecular formula is C17H25N5O2. The second-order valence-corrected chi connectivity index (χ2v) is 5.64. The van der Waals surface area contributed by atoms with Crippen molar-refractivity contribution in [3.8, 4) is 5.75 Å². The number of nitrogens with one attached hydrogen (secondary N) is 1. The van der Waals surface area contributed by atoms with Crippen LogP contribution in [0.2, 0.25) is 0 Å². The van der Waals surface area contributed by atoms with Gasteiger partial charge in [0.25, 0.3) is 0 Å². The molecule has 0 aliphatic carbocycles. The zero-order valence-corrected chi connectivity index (χ0v) is 14.2. The summed E-state index contributed by atoms with van der Waals surface area (Å²) in [6, 6.07) is 5.89. The van der Waals surface area contributed by atoms with Gasteiger partial charge >= 0.3 is 0 Å². The average molecular weight is 331 g/mol. The fourth-order valence-corrected chi connectivity index (χ4v) is 2.41. The van der Waals surface area contributed by atoms with Crippen molar-refractivity contribution in [3.63, 3.8) is 0 Å². The molecule has 0 aliphatic heterocycles. The van der Waals surface area contributed by atoms with Crippen LogP contribution in [0.1, 0.15) is 37.6 Å². The second-order valence-electron chi connectivity index (χ2n) is 5.64. The molecule has 130 valence electrons. The van der Waals surface area contributed by atoms with Crippen LogP contribution in [0.3, 0.4) is 0 Å². The Morgan fingerprint density at radius 3 is 2.83 bits per heavy atom. The summed E-state index contributed by atoms with van der Waals surface area (Å²) in [4.78, 5) is 12.6. The molecule has 7 nitrogen and oxygen atoms in total. The van der Waals surface area contributed by atoms with E-state index in [4.69, 9.17) is 10.5 Å². The number of hydrogen-bond acceptors (Lipinski definition) is 7. The van der Waals surface area contributed by atoms with E-state index in [9.17, 15) is 5.11 Å². The number of hydrogen-bond donors (Lipinski definition) is 3. The maximum atomic E-state index is 9.21. The first kappa shape index (κ1) is 17.9. The fourth-order valence-electron chi connectivity index (χ4n) is 2.41. The third-order valence-corrected chi connectivity index (χ3v) is 3.55. The molecule has 0 saturated carbocycles. The van der Waals surface area contributed by atoms with Gasteiger partial charge in [0.15, 0.2) is 11.6 Å². The van der Waals surface area contributed by atoms with Crippen molar-refractivity contribution in [2.75, 3.05) is 17.7 Å². The first-order valence-electron chi connectivity index (χ1n) is 8.17. The molecule has 0 aromatic carbocycles. The number of pyridine rings is 1. The molecule has 0 radical (unpaired) electrons. The predicted octanol–water partition coefficient (Wildman–Crippen LogP) is 2.30. The minimum absolute atomic E-state index is 0.105.